The minimum Gasteiger partial charge on any atom is -0.383 e. The summed E-state index contributed by atoms with van der Waals surface area (Å²) >= 11 is 0. The van der Waals surface area contributed by atoms with Gasteiger partial charge in [-0.25, -0.2) is 0 Å². The van der Waals surface area contributed by atoms with E-state index < -0.39 is 6.04 Å². The van der Waals surface area contributed by atoms with Crippen LogP contribution in [0.25, 0.3) is 0 Å². The number of halogens is 2. The normalized spacial score (nSPS) is 24.1. The summed E-state index contributed by atoms with van der Waals surface area (Å²) in [6.07, 6.45) is 6.15. The number of amides is 1. The fourth-order valence-electron chi connectivity index (χ4n) is 3.22. The Morgan fingerprint density at radius 3 is 2.48 bits per heavy atom. The van der Waals surface area contributed by atoms with Crippen LogP contribution in [0.2, 0.25) is 0 Å². The highest BCUT2D eigenvalue weighted by molar-refractivity contribution is 5.85. The molecule has 2 heterocycles. The van der Waals surface area contributed by atoms with Crippen molar-refractivity contribution >= 4 is 30.7 Å². The van der Waals surface area contributed by atoms with Crippen molar-refractivity contribution in [3.8, 4) is 0 Å². The quantitative estimate of drug-likeness (QED) is 0.818. The van der Waals surface area contributed by atoms with Gasteiger partial charge in [0.05, 0.1) is 6.61 Å². The van der Waals surface area contributed by atoms with Gasteiger partial charge in [-0.3, -0.25) is 4.79 Å². The van der Waals surface area contributed by atoms with Crippen LogP contribution in [0.1, 0.15) is 32.1 Å². The van der Waals surface area contributed by atoms with E-state index in [4.69, 9.17) is 10.5 Å². The van der Waals surface area contributed by atoms with E-state index in [0.29, 0.717) is 12.6 Å². The largest absolute Gasteiger partial charge is 0.383 e. The number of nitrogens with two attached hydrogens (primary N) is 1. The zero-order chi connectivity index (χ0) is 13.7. The average molecular weight is 342 g/mol. The summed E-state index contributed by atoms with van der Waals surface area (Å²) in [6.45, 7) is 4.55. The van der Waals surface area contributed by atoms with Gasteiger partial charge in [-0.05, 0) is 38.8 Å². The fraction of sp³-hybridized carbons (Fsp3) is 0.929. The van der Waals surface area contributed by atoms with Gasteiger partial charge in [-0.2, -0.15) is 0 Å². The van der Waals surface area contributed by atoms with Crippen molar-refractivity contribution in [2.45, 2.75) is 44.2 Å². The average Bonchev–Trinajstić information content (AvgIpc) is 2.87. The first-order chi connectivity index (χ1) is 9.22. The molecule has 5 nitrogen and oxygen atoms in total. The van der Waals surface area contributed by atoms with Crippen LogP contribution >= 0.6 is 24.8 Å². The first-order valence-corrected chi connectivity index (χ1v) is 7.49. The number of carbonyl (C=O) groups excluding carboxylic acids is 1. The molecule has 2 unspecified atom stereocenters. The molecule has 0 aromatic rings. The van der Waals surface area contributed by atoms with Crippen LogP contribution in [-0.2, 0) is 9.53 Å². The molecular formula is C14H29Cl2N3O2. The summed E-state index contributed by atoms with van der Waals surface area (Å²) in [4.78, 5) is 16.8. The van der Waals surface area contributed by atoms with Gasteiger partial charge >= 0.3 is 0 Å². The zero-order valence-electron chi connectivity index (χ0n) is 12.8. The Kier molecular flexibility index (Phi) is 10.6. The molecular weight excluding hydrogens is 313 g/mol. The molecule has 0 aromatic heterocycles. The van der Waals surface area contributed by atoms with Crippen LogP contribution in [0.15, 0.2) is 0 Å². The Labute approximate surface area is 140 Å². The van der Waals surface area contributed by atoms with Gasteiger partial charge in [0.15, 0.2) is 0 Å². The van der Waals surface area contributed by atoms with E-state index in [1.54, 1.807) is 7.11 Å². The van der Waals surface area contributed by atoms with Crippen LogP contribution in [-0.4, -0.2) is 67.7 Å². The lowest BCUT2D eigenvalue weighted by atomic mass is 10.1. The van der Waals surface area contributed by atoms with Crippen LogP contribution in [0.5, 0.6) is 0 Å². The second-order valence-corrected chi connectivity index (χ2v) is 5.75. The SMILES string of the molecule is COCC(N)C(=O)N1CCCC1CN1CCCCC1.Cl.Cl. The minimum absolute atomic E-state index is 0. The molecule has 2 aliphatic heterocycles. The molecule has 126 valence electrons. The number of ether oxygens (including phenoxy) is 1. The molecule has 0 spiro atoms. The Morgan fingerprint density at radius 1 is 1.19 bits per heavy atom. The van der Waals surface area contributed by atoms with E-state index in [1.165, 1.54) is 32.4 Å². The van der Waals surface area contributed by atoms with Crippen LogP contribution in [0, 0.1) is 0 Å². The topological polar surface area (TPSA) is 58.8 Å². The predicted molar refractivity (Wildman–Crippen MR) is 89.4 cm³/mol. The minimum atomic E-state index is -0.507. The first kappa shape index (κ1) is 20.9. The predicted octanol–water partition coefficient (Wildman–Crippen LogP) is 1.28. The summed E-state index contributed by atoms with van der Waals surface area (Å²) in [6, 6.07) is -0.152. The molecule has 0 saturated carbocycles. The lowest BCUT2D eigenvalue weighted by Gasteiger charge is -2.33. The number of methoxy groups -OCH3 is 1. The third-order valence-corrected chi connectivity index (χ3v) is 4.24. The van der Waals surface area contributed by atoms with E-state index >= 15 is 0 Å². The number of hydrogen-bond donors (Lipinski definition) is 1. The van der Waals surface area contributed by atoms with Crippen molar-refractivity contribution in [2.24, 2.45) is 5.73 Å². The second kappa shape index (κ2) is 10.6. The third-order valence-electron chi connectivity index (χ3n) is 4.24. The highest BCUT2D eigenvalue weighted by Crippen LogP contribution is 2.20. The van der Waals surface area contributed by atoms with Crippen molar-refractivity contribution in [1.82, 2.24) is 9.80 Å². The molecule has 7 heteroatoms. The van der Waals surface area contributed by atoms with Crippen LogP contribution in [0.4, 0.5) is 0 Å². The smallest absolute Gasteiger partial charge is 0.242 e. The van der Waals surface area contributed by atoms with Gasteiger partial charge in [0.1, 0.15) is 6.04 Å². The fourth-order valence-corrected chi connectivity index (χ4v) is 3.22. The summed E-state index contributed by atoms with van der Waals surface area (Å²) in [5.74, 6) is 0.0568. The number of carbonyl (C=O) groups is 1. The zero-order valence-corrected chi connectivity index (χ0v) is 14.5. The van der Waals surface area contributed by atoms with Gasteiger partial charge in [-0.15, -0.1) is 24.8 Å². The van der Waals surface area contributed by atoms with Crippen molar-refractivity contribution in [2.75, 3.05) is 39.9 Å². The Hall–Kier alpha value is -0.0700. The van der Waals surface area contributed by atoms with Gasteiger partial charge in [-0.1, -0.05) is 6.42 Å². The monoisotopic (exact) mass is 341 g/mol. The molecule has 0 aliphatic carbocycles. The van der Waals surface area contributed by atoms with Crippen LogP contribution < -0.4 is 5.73 Å². The van der Waals surface area contributed by atoms with Crippen molar-refractivity contribution < 1.29 is 9.53 Å². The molecule has 21 heavy (non-hydrogen) atoms. The highest BCUT2D eigenvalue weighted by Gasteiger charge is 2.32. The van der Waals surface area contributed by atoms with Crippen LogP contribution in [0.3, 0.4) is 0 Å². The summed E-state index contributed by atoms with van der Waals surface area (Å²) < 4.78 is 4.99. The molecule has 2 aliphatic rings. The highest BCUT2D eigenvalue weighted by atomic mass is 35.5. The van der Waals surface area contributed by atoms with Gasteiger partial charge < -0.3 is 20.3 Å². The molecule has 0 radical (unpaired) electrons. The van der Waals surface area contributed by atoms with E-state index in [2.05, 4.69) is 4.90 Å². The van der Waals surface area contributed by atoms with E-state index in [0.717, 1.165) is 25.9 Å². The number of hydrogen-bond acceptors (Lipinski definition) is 4. The Bertz CT molecular complexity index is 302. The van der Waals surface area contributed by atoms with Crippen molar-refractivity contribution in [1.29, 1.82) is 0 Å². The standard InChI is InChI=1S/C14H27N3O2.2ClH/c1-19-11-13(15)14(18)17-9-5-6-12(17)10-16-7-3-2-4-8-16;;/h12-13H,2-11,15H2,1H3;2*1H. The lowest BCUT2D eigenvalue weighted by Crippen LogP contribution is -2.51. The molecule has 2 atom stereocenters. The Balaban J connectivity index is 0.00000200. The van der Waals surface area contributed by atoms with E-state index in [1.807, 2.05) is 4.90 Å². The molecule has 2 N–H and O–H groups in total. The second-order valence-electron chi connectivity index (χ2n) is 5.75. The maximum atomic E-state index is 12.3. The molecule has 0 aromatic carbocycles. The maximum Gasteiger partial charge on any atom is 0.242 e. The first-order valence-electron chi connectivity index (χ1n) is 7.49. The summed E-state index contributed by atoms with van der Waals surface area (Å²) in [5, 5.41) is 0. The van der Waals surface area contributed by atoms with Gasteiger partial charge in [0.2, 0.25) is 5.91 Å². The molecule has 0 bridgehead atoms. The van der Waals surface area contributed by atoms with Crippen molar-refractivity contribution in [3.05, 3.63) is 0 Å². The summed E-state index contributed by atoms with van der Waals surface area (Å²) in [5.41, 5.74) is 5.87. The molecule has 2 fully saturated rings. The van der Waals surface area contributed by atoms with Gasteiger partial charge in [0.25, 0.3) is 0 Å². The number of rotatable bonds is 5. The summed E-state index contributed by atoms with van der Waals surface area (Å²) in [7, 11) is 1.59. The molecule has 1 amide bonds. The molecule has 2 saturated heterocycles. The number of piperidine rings is 1. The number of nitrogens with zero attached hydrogens (tertiary/aromatic N) is 2. The van der Waals surface area contributed by atoms with Gasteiger partial charge in [0, 0.05) is 26.2 Å². The lowest BCUT2D eigenvalue weighted by molar-refractivity contribution is -0.134. The molecule has 2 rings (SSSR count). The maximum absolute atomic E-state index is 12.3. The van der Waals surface area contributed by atoms with Crippen molar-refractivity contribution in [3.63, 3.8) is 0 Å². The number of likely N-dealkylation sites (tertiary alicyclic amines) is 2. The van der Waals surface area contributed by atoms with E-state index in [-0.39, 0.29) is 30.7 Å². The Morgan fingerprint density at radius 2 is 1.86 bits per heavy atom. The third kappa shape index (κ3) is 5.91. The van der Waals surface area contributed by atoms with E-state index in [9.17, 15) is 4.79 Å².